The zero-order chi connectivity index (χ0) is 14.3. The minimum absolute atomic E-state index is 0.740. The molecule has 1 fully saturated rings. The summed E-state index contributed by atoms with van der Waals surface area (Å²) < 4.78 is 6.03. The van der Waals surface area contributed by atoms with Gasteiger partial charge in [0.25, 0.3) is 0 Å². The zero-order valence-corrected chi connectivity index (χ0v) is 12.3. The number of ether oxygens (including phenoxy) is 1. The van der Waals surface area contributed by atoms with Crippen LogP contribution in [0.1, 0.15) is 0 Å². The van der Waals surface area contributed by atoms with Crippen molar-refractivity contribution >= 4 is 0 Å². The van der Waals surface area contributed by atoms with Gasteiger partial charge in [-0.3, -0.25) is 4.90 Å². The van der Waals surface area contributed by atoms with Crippen molar-refractivity contribution in [3.05, 3.63) is 54.6 Å². The Morgan fingerprint density at radius 1 is 0.905 bits per heavy atom. The molecule has 0 saturated carbocycles. The number of para-hydroxylation sites is 1. The van der Waals surface area contributed by atoms with Crippen molar-refractivity contribution in [3.63, 3.8) is 0 Å². The van der Waals surface area contributed by atoms with E-state index in [1.54, 1.807) is 0 Å². The lowest BCUT2D eigenvalue weighted by Crippen LogP contribution is -2.44. The van der Waals surface area contributed by atoms with Crippen molar-refractivity contribution in [3.8, 4) is 16.9 Å². The molecule has 1 N–H and O–H groups in total. The minimum Gasteiger partial charge on any atom is -0.492 e. The number of benzene rings is 2. The van der Waals surface area contributed by atoms with E-state index >= 15 is 0 Å². The van der Waals surface area contributed by atoms with Gasteiger partial charge in [-0.25, -0.2) is 0 Å². The van der Waals surface area contributed by atoms with Gasteiger partial charge < -0.3 is 10.1 Å². The molecule has 0 aliphatic carbocycles. The van der Waals surface area contributed by atoms with Gasteiger partial charge >= 0.3 is 0 Å². The molecular formula is C18H22N2O. The Morgan fingerprint density at radius 3 is 2.43 bits per heavy atom. The second-order valence-electron chi connectivity index (χ2n) is 5.30. The Hall–Kier alpha value is -1.84. The molecule has 2 aromatic rings. The summed E-state index contributed by atoms with van der Waals surface area (Å²) in [5, 5.41) is 3.37. The molecule has 0 atom stereocenters. The SMILES string of the molecule is c1ccc(-c2ccccc2OCCN2CCNCC2)cc1. The monoisotopic (exact) mass is 282 g/mol. The second-order valence-corrected chi connectivity index (χ2v) is 5.30. The normalized spacial score (nSPS) is 15.8. The van der Waals surface area contributed by atoms with Crippen LogP contribution in [0.2, 0.25) is 0 Å². The summed E-state index contributed by atoms with van der Waals surface area (Å²) in [6.07, 6.45) is 0. The van der Waals surface area contributed by atoms with E-state index in [0.717, 1.165) is 45.1 Å². The Labute approximate surface area is 126 Å². The van der Waals surface area contributed by atoms with Gasteiger partial charge in [0.05, 0.1) is 0 Å². The number of hydrogen-bond donors (Lipinski definition) is 1. The molecule has 1 saturated heterocycles. The quantitative estimate of drug-likeness (QED) is 0.912. The third-order valence-electron chi connectivity index (χ3n) is 3.85. The predicted octanol–water partition coefficient (Wildman–Crippen LogP) is 2.64. The molecule has 0 amide bonds. The van der Waals surface area contributed by atoms with E-state index in [1.165, 1.54) is 11.1 Å². The van der Waals surface area contributed by atoms with Crippen LogP contribution in [0, 0.1) is 0 Å². The Balaban J connectivity index is 1.63. The molecule has 3 nitrogen and oxygen atoms in total. The van der Waals surface area contributed by atoms with Crippen LogP contribution in [0.25, 0.3) is 11.1 Å². The lowest BCUT2D eigenvalue weighted by atomic mass is 10.1. The number of nitrogens with one attached hydrogen (secondary N) is 1. The van der Waals surface area contributed by atoms with E-state index < -0.39 is 0 Å². The molecule has 0 spiro atoms. The topological polar surface area (TPSA) is 24.5 Å². The fourth-order valence-electron chi connectivity index (χ4n) is 2.67. The van der Waals surface area contributed by atoms with Crippen LogP contribution < -0.4 is 10.1 Å². The summed E-state index contributed by atoms with van der Waals surface area (Å²) in [5.41, 5.74) is 2.37. The summed E-state index contributed by atoms with van der Waals surface area (Å²) in [5.74, 6) is 0.971. The lowest BCUT2D eigenvalue weighted by molar-refractivity contribution is 0.191. The molecule has 21 heavy (non-hydrogen) atoms. The summed E-state index contributed by atoms with van der Waals surface area (Å²) in [4.78, 5) is 2.45. The van der Waals surface area contributed by atoms with Crippen LogP contribution in [-0.4, -0.2) is 44.2 Å². The van der Waals surface area contributed by atoms with Crippen molar-refractivity contribution < 1.29 is 4.74 Å². The smallest absolute Gasteiger partial charge is 0.127 e. The Kier molecular flexibility index (Phi) is 4.87. The average molecular weight is 282 g/mol. The lowest BCUT2D eigenvalue weighted by Gasteiger charge is -2.27. The summed E-state index contributed by atoms with van der Waals surface area (Å²) in [6.45, 7) is 6.13. The Bertz CT molecular complexity index is 550. The largest absolute Gasteiger partial charge is 0.492 e. The number of hydrogen-bond acceptors (Lipinski definition) is 3. The molecule has 1 aliphatic rings. The standard InChI is InChI=1S/C18H22N2O/c1-2-6-16(7-3-1)17-8-4-5-9-18(17)21-15-14-20-12-10-19-11-13-20/h1-9,19H,10-15H2. The third kappa shape index (κ3) is 3.84. The fraction of sp³-hybridized carbons (Fsp3) is 0.333. The first kappa shape index (κ1) is 14.1. The highest BCUT2D eigenvalue weighted by Gasteiger charge is 2.10. The molecule has 0 unspecified atom stereocenters. The highest BCUT2D eigenvalue weighted by molar-refractivity contribution is 5.70. The van der Waals surface area contributed by atoms with Crippen molar-refractivity contribution in [2.24, 2.45) is 0 Å². The molecule has 0 radical (unpaired) electrons. The maximum absolute atomic E-state index is 6.03. The van der Waals surface area contributed by atoms with Gasteiger partial charge in [0.15, 0.2) is 0 Å². The van der Waals surface area contributed by atoms with Crippen molar-refractivity contribution in [1.29, 1.82) is 0 Å². The molecule has 1 heterocycles. The number of piperazine rings is 1. The minimum atomic E-state index is 0.740. The van der Waals surface area contributed by atoms with E-state index in [1.807, 2.05) is 12.1 Å². The Morgan fingerprint density at radius 2 is 1.62 bits per heavy atom. The molecule has 3 rings (SSSR count). The van der Waals surface area contributed by atoms with E-state index in [4.69, 9.17) is 4.74 Å². The van der Waals surface area contributed by atoms with Crippen LogP contribution in [0.3, 0.4) is 0 Å². The second kappa shape index (κ2) is 7.25. The molecule has 0 aromatic heterocycles. The predicted molar refractivity (Wildman–Crippen MR) is 86.7 cm³/mol. The van der Waals surface area contributed by atoms with Gasteiger partial charge in [0, 0.05) is 38.3 Å². The van der Waals surface area contributed by atoms with Crippen LogP contribution in [-0.2, 0) is 0 Å². The van der Waals surface area contributed by atoms with E-state index in [9.17, 15) is 0 Å². The van der Waals surface area contributed by atoms with Crippen molar-refractivity contribution in [2.75, 3.05) is 39.3 Å². The summed E-state index contributed by atoms with van der Waals surface area (Å²) >= 11 is 0. The summed E-state index contributed by atoms with van der Waals surface area (Å²) in [7, 11) is 0. The highest BCUT2D eigenvalue weighted by atomic mass is 16.5. The van der Waals surface area contributed by atoms with Gasteiger partial charge in [0.2, 0.25) is 0 Å². The maximum Gasteiger partial charge on any atom is 0.127 e. The van der Waals surface area contributed by atoms with Crippen LogP contribution in [0.5, 0.6) is 5.75 Å². The van der Waals surface area contributed by atoms with Crippen LogP contribution in [0.4, 0.5) is 0 Å². The highest BCUT2D eigenvalue weighted by Crippen LogP contribution is 2.29. The van der Waals surface area contributed by atoms with Crippen molar-refractivity contribution in [2.45, 2.75) is 0 Å². The van der Waals surface area contributed by atoms with Crippen LogP contribution in [0.15, 0.2) is 54.6 Å². The van der Waals surface area contributed by atoms with Gasteiger partial charge in [-0.2, -0.15) is 0 Å². The molecular weight excluding hydrogens is 260 g/mol. The van der Waals surface area contributed by atoms with Gasteiger partial charge in [-0.1, -0.05) is 48.5 Å². The number of rotatable bonds is 5. The first-order chi connectivity index (χ1) is 10.4. The van der Waals surface area contributed by atoms with Gasteiger partial charge in [-0.15, -0.1) is 0 Å². The molecule has 1 aliphatic heterocycles. The van der Waals surface area contributed by atoms with E-state index in [0.29, 0.717) is 0 Å². The fourth-order valence-corrected chi connectivity index (χ4v) is 2.67. The third-order valence-corrected chi connectivity index (χ3v) is 3.85. The maximum atomic E-state index is 6.03. The first-order valence-corrected chi connectivity index (χ1v) is 7.64. The molecule has 3 heteroatoms. The van der Waals surface area contributed by atoms with Gasteiger partial charge in [0.1, 0.15) is 12.4 Å². The summed E-state index contributed by atoms with van der Waals surface area (Å²) in [6, 6.07) is 18.7. The van der Waals surface area contributed by atoms with E-state index in [-0.39, 0.29) is 0 Å². The van der Waals surface area contributed by atoms with Gasteiger partial charge in [-0.05, 0) is 11.6 Å². The molecule has 110 valence electrons. The van der Waals surface area contributed by atoms with E-state index in [2.05, 4.69) is 52.7 Å². The zero-order valence-electron chi connectivity index (χ0n) is 12.3. The average Bonchev–Trinajstić information content (AvgIpc) is 2.57. The van der Waals surface area contributed by atoms with Crippen molar-refractivity contribution in [1.82, 2.24) is 10.2 Å². The first-order valence-electron chi connectivity index (χ1n) is 7.64. The molecule has 0 bridgehead atoms. The number of nitrogens with zero attached hydrogens (tertiary/aromatic N) is 1. The van der Waals surface area contributed by atoms with Crippen LogP contribution >= 0.6 is 0 Å². The molecule has 2 aromatic carbocycles.